The summed E-state index contributed by atoms with van der Waals surface area (Å²) in [7, 11) is 0. The Labute approximate surface area is 101 Å². The molecule has 16 heavy (non-hydrogen) atoms. The first-order valence-corrected chi connectivity index (χ1v) is 6.66. The molecule has 88 valence electrons. The Morgan fingerprint density at radius 2 is 2.12 bits per heavy atom. The fourth-order valence-corrected chi connectivity index (χ4v) is 3.63. The van der Waals surface area contributed by atoms with Gasteiger partial charge in [-0.1, -0.05) is 19.9 Å². The molecule has 2 atom stereocenters. The first-order valence-electron chi connectivity index (χ1n) is 5.72. The van der Waals surface area contributed by atoms with Gasteiger partial charge in [0, 0.05) is 41.9 Å². The Balaban J connectivity index is 2.02. The Morgan fingerprint density at radius 1 is 1.44 bits per heavy atom. The molecule has 2 N–H and O–H groups in total. The van der Waals surface area contributed by atoms with E-state index in [1.807, 2.05) is 6.07 Å². The van der Waals surface area contributed by atoms with E-state index in [0.717, 1.165) is 25.2 Å². The van der Waals surface area contributed by atoms with Crippen LogP contribution in [-0.4, -0.2) is 33.5 Å². The lowest BCUT2D eigenvalue weighted by Gasteiger charge is -2.34. The van der Waals surface area contributed by atoms with Crippen molar-refractivity contribution in [1.82, 2.24) is 9.88 Å². The third kappa shape index (κ3) is 2.89. The highest BCUT2D eigenvalue weighted by Gasteiger charge is 2.22. The van der Waals surface area contributed by atoms with Gasteiger partial charge in [-0.25, -0.2) is 4.98 Å². The van der Waals surface area contributed by atoms with E-state index in [4.69, 9.17) is 5.73 Å². The van der Waals surface area contributed by atoms with Crippen molar-refractivity contribution in [2.75, 3.05) is 18.8 Å². The minimum absolute atomic E-state index is 0.668. The van der Waals surface area contributed by atoms with Crippen molar-refractivity contribution < 1.29 is 0 Å². The van der Waals surface area contributed by atoms with Gasteiger partial charge in [-0.15, -0.1) is 0 Å². The Kier molecular flexibility index (Phi) is 3.71. The molecule has 0 spiro atoms. The summed E-state index contributed by atoms with van der Waals surface area (Å²) in [5, 5.41) is 1.42. The lowest BCUT2D eigenvalue weighted by Crippen LogP contribution is -2.39. The van der Waals surface area contributed by atoms with Crippen LogP contribution in [0.25, 0.3) is 0 Å². The van der Waals surface area contributed by atoms with Crippen LogP contribution in [0.4, 0.5) is 5.82 Å². The molecule has 2 unspecified atom stereocenters. The topological polar surface area (TPSA) is 42.2 Å². The highest BCUT2D eigenvalue weighted by atomic mass is 32.2. The zero-order valence-electron chi connectivity index (χ0n) is 9.89. The molecular formula is C12H19N3S. The van der Waals surface area contributed by atoms with Gasteiger partial charge in [0.2, 0.25) is 0 Å². The van der Waals surface area contributed by atoms with Crippen LogP contribution in [0, 0.1) is 0 Å². The van der Waals surface area contributed by atoms with Crippen LogP contribution < -0.4 is 5.73 Å². The molecule has 0 aliphatic carbocycles. The molecule has 1 saturated heterocycles. The van der Waals surface area contributed by atoms with Crippen molar-refractivity contribution in [2.24, 2.45) is 0 Å². The molecule has 0 bridgehead atoms. The fourth-order valence-electron chi connectivity index (χ4n) is 2.24. The van der Waals surface area contributed by atoms with Crippen LogP contribution in [0.15, 0.2) is 18.3 Å². The van der Waals surface area contributed by atoms with Crippen LogP contribution in [0.2, 0.25) is 0 Å². The van der Waals surface area contributed by atoms with E-state index >= 15 is 0 Å². The zero-order chi connectivity index (χ0) is 11.5. The van der Waals surface area contributed by atoms with E-state index in [1.165, 1.54) is 0 Å². The second kappa shape index (κ2) is 5.06. The summed E-state index contributed by atoms with van der Waals surface area (Å²) in [4.78, 5) is 6.60. The number of nitrogens with two attached hydrogens (primary N) is 1. The summed E-state index contributed by atoms with van der Waals surface area (Å²) in [6, 6.07) is 4.02. The molecule has 1 aliphatic heterocycles. The van der Waals surface area contributed by atoms with Gasteiger partial charge >= 0.3 is 0 Å². The minimum Gasteiger partial charge on any atom is -0.383 e. The molecule has 0 amide bonds. The number of nitrogen functional groups attached to an aromatic ring is 1. The fraction of sp³-hybridized carbons (Fsp3) is 0.583. The van der Waals surface area contributed by atoms with Gasteiger partial charge in [-0.05, 0) is 6.07 Å². The van der Waals surface area contributed by atoms with E-state index in [-0.39, 0.29) is 0 Å². The highest BCUT2D eigenvalue weighted by molar-refractivity contribution is 8.00. The first-order chi connectivity index (χ1) is 7.65. The van der Waals surface area contributed by atoms with Crippen LogP contribution in [0.1, 0.15) is 19.4 Å². The number of aromatic nitrogens is 1. The Bertz CT molecular complexity index is 346. The molecule has 1 aromatic rings. The van der Waals surface area contributed by atoms with E-state index in [9.17, 15) is 0 Å². The van der Waals surface area contributed by atoms with Gasteiger partial charge in [-0.3, -0.25) is 4.90 Å². The van der Waals surface area contributed by atoms with Gasteiger partial charge in [0.25, 0.3) is 0 Å². The summed E-state index contributed by atoms with van der Waals surface area (Å²) < 4.78 is 0. The standard InChI is InChI=1S/C12H19N3S/c1-9-6-15(7-10(2)16-9)8-11-4-3-5-14-12(11)13/h3-5,9-10H,6-8H2,1-2H3,(H2,13,14). The predicted molar refractivity (Wildman–Crippen MR) is 70.4 cm³/mol. The second-order valence-electron chi connectivity index (χ2n) is 4.50. The van der Waals surface area contributed by atoms with Crippen molar-refractivity contribution in [1.29, 1.82) is 0 Å². The summed E-state index contributed by atoms with van der Waals surface area (Å²) in [6.07, 6.45) is 1.75. The quantitative estimate of drug-likeness (QED) is 0.854. The lowest BCUT2D eigenvalue weighted by molar-refractivity contribution is 0.263. The predicted octanol–water partition coefficient (Wildman–Crippen LogP) is 1.99. The largest absolute Gasteiger partial charge is 0.383 e. The summed E-state index contributed by atoms with van der Waals surface area (Å²) in [6.45, 7) is 7.79. The molecule has 2 heterocycles. The molecule has 0 saturated carbocycles. The third-order valence-corrected chi connectivity index (χ3v) is 4.04. The Morgan fingerprint density at radius 3 is 2.75 bits per heavy atom. The number of nitrogens with zero attached hydrogens (tertiary/aromatic N) is 2. The van der Waals surface area contributed by atoms with Crippen LogP contribution in [0.3, 0.4) is 0 Å². The minimum atomic E-state index is 0.668. The van der Waals surface area contributed by atoms with E-state index in [1.54, 1.807) is 6.20 Å². The summed E-state index contributed by atoms with van der Waals surface area (Å²) in [5.74, 6) is 0.668. The first kappa shape index (κ1) is 11.7. The average molecular weight is 237 g/mol. The summed E-state index contributed by atoms with van der Waals surface area (Å²) in [5.41, 5.74) is 7.01. The maximum atomic E-state index is 5.86. The molecule has 1 aliphatic rings. The molecule has 0 radical (unpaired) electrons. The molecule has 2 rings (SSSR count). The highest BCUT2D eigenvalue weighted by Crippen LogP contribution is 2.26. The molecule has 0 aromatic carbocycles. The maximum Gasteiger partial charge on any atom is 0.127 e. The molecule has 3 nitrogen and oxygen atoms in total. The molecule has 1 fully saturated rings. The second-order valence-corrected chi connectivity index (χ2v) is 6.38. The van der Waals surface area contributed by atoms with E-state index in [2.05, 4.69) is 41.6 Å². The average Bonchev–Trinajstić information content (AvgIpc) is 2.20. The van der Waals surface area contributed by atoms with Crippen molar-refractivity contribution in [3.63, 3.8) is 0 Å². The van der Waals surface area contributed by atoms with Gasteiger partial charge in [0.15, 0.2) is 0 Å². The molecular weight excluding hydrogens is 218 g/mol. The monoisotopic (exact) mass is 237 g/mol. The van der Waals surface area contributed by atoms with Gasteiger partial charge in [0.05, 0.1) is 0 Å². The maximum absolute atomic E-state index is 5.86. The van der Waals surface area contributed by atoms with Crippen LogP contribution >= 0.6 is 11.8 Å². The third-order valence-electron chi connectivity index (χ3n) is 2.82. The van der Waals surface area contributed by atoms with Crippen LogP contribution in [0.5, 0.6) is 0 Å². The molecule has 1 aromatic heterocycles. The normalized spacial score (nSPS) is 26.9. The Hall–Kier alpha value is -0.740. The number of hydrogen-bond donors (Lipinski definition) is 1. The number of rotatable bonds is 2. The SMILES string of the molecule is CC1CN(Cc2cccnc2N)CC(C)S1. The smallest absolute Gasteiger partial charge is 0.127 e. The number of thioether (sulfide) groups is 1. The number of anilines is 1. The number of pyridine rings is 1. The van der Waals surface area contributed by atoms with Crippen molar-refractivity contribution in [2.45, 2.75) is 30.9 Å². The lowest BCUT2D eigenvalue weighted by atomic mass is 10.2. The number of hydrogen-bond acceptors (Lipinski definition) is 4. The summed E-state index contributed by atoms with van der Waals surface area (Å²) >= 11 is 2.07. The van der Waals surface area contributed by atoms with Gasteiger partial charge in [-0.2, -0.15) is 11.8 Å². The van der Waals surface area contributed by atoms with Crippen molar-refractivity contribution in [3.05, 3.63) is 23.9 Å². The van der Waals surface area contributed by atoms with Gasteiger partial charge in [0.1, 0.15) is 5.82 Å². The van der Waals surface area contributed by atoms with E-state index in [0.29, 0.717) is 16.3 Å². The van der Waals surface area contributed by atoms with Crippen molar-refractivity contribution >= 4 is 17.6 Å². The van der Waals surface area contributed by atoms with Crippen LogP contribution in [-0.2, 0) is 6.54 Å². The molecule has 4 heteroatoms. The van der Waals surface area contributed by atoms with Crippen molar-refractivity contribution in [3.8, 4) is 0 Å². The zero-order valence-corrected chi connectivity index (χ0v) is 10.7. The van der Waals surface area contributed by atoms with Gasteiger partial charge < -0.3 is 5.73 Å². The van der Waals surface area contributed by atoms with E-state index < -0.39 is 0 Å².